The van der Waals surface area contributed by atoms with Gasteiger partial charge in [0.1, 0.15) is 42.4 Å². The van der Waals surface area contributed by atoms with Crippen LogP contribution in [0, 0.1) is 0 Å². The fourth-order valence-electron chi connectivity index (χ4n) is 4.12. The van der Waals surface area contributed by atoms with Crippen molar-refractivity contribution in [3.05, 3.63) is 24.0 Å². The zero-order valence-corrected chi connectivity index (χ0v) is 27.8. The standard InChI is InChI=1S/C28H44N12O11/c1-29-9-19-34-24(30-7-15(44)20(48)22(50)17(46)10-41)36-26(35-19)32-12-4-5-13(14(43)6-12)33-27-37-25(38-28(39-27)40(2)3)31-8-16(45)21(49)23(51)18(47)11-42/h4-6,9,15-18,20-23,41-51H,7-8,10-11H2,1-3H3,(H2,30,32,34,35,36)(H2,31,33,37,38,39). The first kappa shape index (κ1) is 40.7. The first-order valence-corrected chi connectivity index (χ1v) is 15.3. The normalized spacial score (nSPS) is 16.4. The Morgan fingerprint density at radius 3 is 1.63 bits per heavy atom. The van der Waals surface area contributed by atoms with Crippen LogP contribution in [-0.2, 0) is 0 Å². The Balaban J connectivity index is 1.74. The zero-order chi connectivity index (χ0) is 37.8. The van der Waals surface area contributed by atoms with Crippen LogP contribution >= 0.6 is 0 Å². The first-order chi connectivity index (χ1) is 24.2. The summed E-state index contributed by atoms with van der Waals surface area (Å²) in [6, 6.07) is 4.37. The number of aromatic hydroxyl groups is 1. The molecule has 0 aliphatic carbocycles. The van der Waals surface area contributed by atoms with Gasteiger partial charge in [-0.3, -0.25) is 4.99 Å². The largest absolute Gasteiger partial charge is 0.506 e. The van der Waals surface area contributed by atoms with Gasteiger partial charge < -0.3 is 82.3 Å². The van der Waals surface area contributed by atoms with Crippen molar-refractivity contribution in [1.29, 1.82) is 0 Å². The topological polar surface area (TPSA) is 364 Å². The monoisotopic (exact) mass is 724 g/mol. The second kappa shape index (κ2) is 19.1. The summed E-state index contributed by atoms with van der Waals surface area (Å²) in [4.78, 5) is 30.7. The molecule has 51 heavy (non-hydrogen) atoms. The summed E-state index contributed by atoms with van der Waals surface area (Å²) >= 11 is 0. The molecule has 0 fully saturated rings. The minimum atomic E-state index is -1.82. The van der Waals surface area contributed by atoms with E-state index < -0.39 is 62.0 Å². The number of nitrogens with zero attached hydrogens (tertiary/aromatic N) is 8. The third-order valence-corrected chi connectivity index (χ3v) is 7.01. The average Bonchev–Trinajstić information content (AvgIpc) is 3.11. The Morgan fingerprint density at radius 2 is 1.14 bits per heavy atom. The molecule has 2 heterocycles. The van der Waals surface area contributed by atoms with Crippen molar-refractivity contribution < 1.29 is 56.2 Å². The summed E-state index contributed by atoms with van der Waals surface area (Å²) in [5.74, 6) is -0.148. The molecular formula is C28H44N12O11. The number of aliphatic imine (C=N–C) groups is 1. The van der Waals surface area contributed by atoms with Crippen LogP contribution in [0.15, 0.2) is 23.2 Å². The Labute approximate surface area is 290 Å². The number of benzene rings is 1. The van der Waals surface area contributed by atoms with E-state index in [0.29, 0.717) is 5.69 Å². The fraction of sp³-hybridized carbons (Fsp3) is 0.536. The molecule has 8 unspecified atom stereocenters. The number of hydrogen-bond donors (Lipinski definition) is 15. The molecule has 0 radical (unpaired) electrons. The molecule has 282 valence electrons. The molecule has 0 amide bonds. The second-order valence-electron chi connectivity index (χ2n) is 11.2. The molecule has 1 aromatic carbocycles. The lowest BCUT2D eigenvalue weighted by Crippen LogP contribution is -2.48. The van der Waals surface area contributed by atoms with Crippen molar-refractivity contribution >= 4 is 47.3 Å². The summed E-state index contributed by atoms with van der Waals surface area (Å²) in [5.41, 5.74) is 0.482. The van der Waals surface area contributed by atoms with E-state index in [1.807, 2.05) is 0 Å². The van der Waals surface area contributed by atoms with Crippen molar-refractivity contribution in [2.75, 3.05) is 73.6 Å². The van der Waals surface area contributed by atoms with Crippen LogP contribution in [-0.4, -0.2) is 189 Å². The van der Waals surface area contributed by atoms with Crippen molar-refractivity contribution in [3.63, 3.8) is 0 Å². The van der Waals surface area contributed by atoms with E-state index in [-0.39, 0.29) is 60.1 Å². The van der Waals surface area contributed by atoms with E-state index in [2.05, 4.69) is 56.2 Å². The minimum absolute atomic E-state index is 0.0113. The van der Waals surface area contributed by atoms with Gasteiger partial charge in [-0.2, -0.15) is 29.9 Å². The third kappa shape index (κ3) is 11.7. The van der Waals surface area contributed by atoms with Crippen molar-refractivity contribution in [1.82, 2.24) is 29.9 Å². The average molecular weight is 725 g/mol. The third-order valence-electron chi connectivity index (χ3n) is 7.01. The quantitative estimate of drug-likeness (QED) is 0.0383. The number of aliphatic hydroxyl groups is 10. The van der Waals surface area contributed by atoms with Gasteiger partial charge in [-0.25, -0.2) is 0 Å². The van der Waals surface area contributed by atoms with Gasteiger partial charge in [0.25, 0.3) is 0 Å². The summed E-state index contributed by atoms with van der Waals surface area (Å²) in [6.07, 6.45) is -12.4. The van der Waals surface area contributed by atoms with E-state index in [4.69, 9.17) is 10.2 Å². The Hall–Kier alpha value is -4.69. The lowest BCUT2D eigenvalue weighted by atomic mass is 10.0. The van der Waals surface area contributed by atoms with E-state index in [0.717, 1.165) is 0 Å². The van der Waals surface area contributed by atoms with E-state index >= 15 is 0 Å². The predicted octanol–water partition coefficient (Wildman–Crippen LogP) is -4.94. The maximum absolute atomic E-state index is 10.8. The number of anilines is 7. The molecule has 0 saturated carbocycles. The van der Waals surface area contributed by atoms with Crippen LogP contribution in [0.1, 0.15) is 5.82 Å². The second-order valence-corrected chi connectivity index (χ2v) is 11.2. The summed E-state index contributed by atoms with van der Waals surface area (Å²) in [6.45, 7) is -2.38. The Morgan fingerprint density at radius 1 is 0.667 bits per heavy atom. The predicted molar refractivity (Wildman–Crippen MR) is 181 cm³/mol. The van der Waals surface area contributed by atoms with E-state index in [1.54, 1.807) is 25.1 Å². The molecule has 0 saturated heterocycles. The molecular weight excluding hydrogens is 680 g/mol. The van der Waals surface area contributed by atoms with Crippen LogP contribution in [0.4, 0.5) is 41.1 Å². The smallest absolute Gasteiger partial charge is 0.233 e. The maximum Gasteiger partial charge on any atom is 0.233 e. The highest BCUT2D eigenvalue weighted by atomic mass is 16.4. The van der Waals surface area contributed by atoms with Gasteiger partial charge in [0.2, 0.25) is 29.7 Å². The summed E-state index contributed by atoms with van der Waals surface area (Å²) < 4.78 is 0. The number of phenolic OH excluding ortho intramolecular Hbond substituents is 1. The van der Waals surface area contributed by atoms with Gasteiger partial charge in [-0.05, 0) is 12.1 Å². The minimum Gasteiger partial charge on any atom is -0.506 e. The Kier molecular flexibility index (Phi) is 15.2. The van der Waals surface area contributed by atoms with Gasteiger partial charge >= 0.3 is 0 Å². The molecule has 0 bridgehead atoms. The molecule has 3 rings (SSSR count). The SMILES string of the molecule is CN=Cc1nc(NCC(O)C(O)C(O)C(O)CO)nc(Nc2ccc(Nc3nc(NCC(O)C(O)C(O)C(O)CO)nc(N(C)C)n3)c(O)c2)n1. The number of nitrogens with one attached hydrogen (secondary N) is 4. The molecule has 8 atom stereocenters. The van der Waals surface area contributed by atoms with Gasteiger partial charge in [0.05, 0.1) is 37.3 Å². The first-order valence-electron chi connectivity index (χ1n) is 15.3. The maximum atomic E-state index is 10.8. The van der Waals surface area contributed by atoms with Crippen LogP contribution in [0.2, 0.25) is 0 Å². The number of aromatic nitrogens is 6. The molecule has 0 spiro atoms. The summed E-state index contributed by atoms with van der Waals surface area (Å²) in [7, 11) is 4.81. The van der Waals surface area contributed by atoms with Crippen LogP contribution in [0.25, 0.3) is 0 Å². The molecule has 0 aliphatic rings. The molecule has 2 aromatic heterocycles. The van der Waals surface area contributed by atoms with Crippen LogP contribution in [0.5, 0.6) is 5.75 Å². The lowest BCUT2D eigenvalue weighted by molar-refractivity contribution is -0.111. The van der Waals surface area contributed by atoms with Crippen LogP contribution < -0.4 is 26.2 Å². The van der Waals surface area contributed by atoms with E-state index in [9.17, 15) is 46.0 Å². The number of aliphatic hydroxyl groups excluding tert-OH is 10. The number of phenols is 1. The highest BCUT2D eigenvalue weighted by Crippen LogP contribution is 2.30. The van der Waals surface area contributed by atoms with Crippen molar-refractivity contribution in [3.8, 4) is 5.75 Å². The van der Waals surface area contributed by atoms with Gasteiger partial charge in [0, 0.05) is 46.0 Å². The molecule has 0 aliphatic heterocycles. The van der Waals surface area contributed by atoms with Gasteiger partial charge in [-0.15, -0.1) is 0 Å². The van der Waals surface area contributed by atoms with Crippen molar-refractivity contribution in [2.45, 2.75) is 48.8 Å². The highest BCUT2D eigenvalue weighted by Gasteiger charge is 2.31. The van der Waals surface area contributed by atoms with Gasteiger partial charge in [0.15, 0.2) is 5.82 Å². The fourth-order valence-corrected chi connectivity index (χ4v) is 4.12. The Bertz CT molecular complexity index is 1580. The lowest BCUT2D eigenvalue weighted by Gasteiger charge is -2.25. The zero-order valence-electron chi connectivity index (χ0n) is 27.8. The van der Waals surface area contributed by atoms with Gasteiger partial charge in [-0.1, -0.05) is 0 Å². The van der Waals surface area contributed by atoms with E-state index in [1.165, 1.54) is 25.4 Å². The number of hydrogen-bond acceptors (Lipinski definition) is 23. The molecule has 15 N–H and O–H groups in total. The molecule has 23 heteroatoms. The highest BCUT2D eigenvalue weighted by molar-refractivity contribution is 5.76. The summed E-state index contributed by atoms with van der Waals surface area (Å²) in [5, 5.41) is 119. The number of rotatable bonds is 20. The molecule has 23 nitrogen and oxygen atoms in total. The van der Waals surface area contributed by atoms with Crippen LogP contribution in [0.3, 0.4) is 0 Å². The molecule has 3 aromatic rings. The van der Waals surface area contributed by atoms with Crippen molar-refractivity contribution in [2.24, 2.45) is 4.99 Å².